The molecule has 2 aromatic rings. The Bertz CT molecular complexity index is 677. The molecule has 0 aliphatic heterocycles. The maximum absolute atomic E-state index is 13.0. The molecule has 0 aliphatic rings. The summed E-state index contributed by atoms with van der Waals surface area (Å²) in [6.07, 6.45) is 0. The smallest absolute Gasteiger partial charge is 0.156 e. The zero-order chi connectivity index (χ0) is 14.7. The van der Waals surface area contributed by atoms with E-state index in [1.54, 1.807) is 18.2 Å². The standard InChI is InChI=1S/C14H9ClFIN2O/c15-10-3-8(1-2-11(10)16)7-20-14-12(17)4-9(6-18)5-13(14)19/h1-5H,7,19H2. The van der Waals surface area contributed by atoms with Crippen molar-refractivity contribution >= 4 is 39.9 Å². The molecule has 0 atom stereocenters. The first-order valence-electron chi connectivity index (χ1n) is 5.57. The molecule has 0 aliphatic carbocycles. The fourth-order valence-corrected chi connectivity index (χ4v) is 2.62. The van der Waals surface area contributed by atoms with Crippen molar-refractivity contribution in [2.45, 2.75) is 6.61 Å². The third-order valence-electron chi connectivity index (χ3n) is 2.57. The van der Waals surface area contributed by atoms with E-state index >= 15 is 0 Å². The van der Waals surface area contributed by atoms with Crippen molar-refractivity contribution in [2.75, 3.05) is 5.73 Å². The summed E-state index contributed by atoms with van der Waals surface area (Å²) < 4.78 is 19.4. The van der Waals surface area contributed by atoms with Crippen LogP contribution in [0.25, 0.3) is 0 Å². The molecule has 0 saturated carbocycles. The molecule has 2 rings (SSSR count). The summed E-state index contributed by atoms with van der Waals surface area (Å²) in [5.74, 6) is 0.0351. The average Bonchev–Trinajstić information content (AvgIpc) is 2.41. The number of rotatable bonds is 3. The third kappa shape index (κ3) is 3.32. The minimum absolute atomic E-state index is 0.0496. The van der Waals surface area contributed by atoms with Gasteiger partial charge in [0, 0.05) is 0 Å². The minimum atomic E-state index is -0.470. The van der Waals surface area contributed by atoms with E-state index in [2.05, 4.69) is 0 Å². The van der Waals surface area contributed by atoms with E-state index in [1.807, 2.05) is 28.7 Å². The molecule has 2 N–H and O–H groups in total. The first kappa shape index (κ1) is 14.9. The van der Waals surface area contributed by atoms with Crippen molar-refractivity contribution in [1.29, 1.82) is 5.26 Å². The molecular formula is C14H9ClFIN2O. The summed E-state index contributed by atoms with van der Waals surface area (Å²) in [6, 6.07) is 9.64. The molecule has 0 bridgehead atoms. The lowest BCUT2D eigenvalue weighted by molar-refractivity contribution is 0.305. The first-order chi connectivity index (χ1) is 9.51. The average molecular weight is 403 g/mol. The number of hydrogen-bond acceptors (Lipinski definition) is 3. The van der Waals surface area contributed by atoms with Crippen LogP contribution in [0, 0.1) is 20.7 Å². The van der Waals surface area contributed by atoms with Crippen LogP contribution in [0.5, 0.6) is 5.75 Å². The summed E-state index contributed by atoms with van der Waals surface area (Å²) in [7, 11) is 0. The van der Waals surface area contributed by atoms with Crippen LogP contribution in [0.4, 0.5) is 10.1 Å². The molecule has 0 amide bonds. The van der Waals surface area contributed by atoms with Crippen molar-refractivity contribution in [3.05, 3.63) is 55.9 Å². The Balaban J connectivity index is 2.19. The maximum atomic E-state index is 13.0. The van der Waals surface area contributed by atoms with E-state index in [0.29, 0.717) is 17.0 Å². The van der Waals surface area contributed by atoms with E-state index < -0.39 is 5.82 Å². The Morgan fingerprint density at radius 3 is 2.70 bits per heavy atom. The fraction of sp³-hybridized carbons (Fsp3) is 0.0714. The number of nitrogens with zero attached hydrogens (tertiary/aromatic N) is 1. The van der Waals surface area contributed by atoms with Gasteiger partial charge in [-0.1, -0.05) is 17.7 Å². The molecule has 0 saturated heterocycles. The van der Waals surface area contributed by atoms with Gasteiger partial charge in [0.05, 0.1) is 25.9 Å². The van der Waals surface area contributed by atoms with E-state index in [9.17, 15) is 4.39 Å². The maximum Gasteiger partial charge on any atom is 0.156 e. The van der Waals surface area contributed by atoms with Crippen LogP contribution in [0.2, 0.25) is 5.02 Å². The van der Waals surface area contributed by atoms with Gasteiger partial charge in [0.1, 0.15) is 12.4 Å². The Morgan fingerprint density at radius 2 is 2.10 bits per heavy atom. The normalized spacial score (nSPS) is 10.1. The van der Waals surface area contributed by atoms with E-state index in [1.165, 1.54) is 12.1 Å². The lowest BCUT2D eigenvalue weighted by atomic mass is 10.2. The monoisotopic (exact) mass is 402 g/mol. The first-order valence-corrected chi connectivity index (χ1v) is 7.03. The third-order valence-corrected chi connectivity index (χ3v) is 3.66. The highest BCUT2D eigenvalue weighted by molar-refractivity contribution is 14.1. The van der Waals surface area contributed by atoms with Crippen LogP contribution in [0.15, 0.2) is 30.3 Å². The van der Waals surface area contributed by atoms with Crippen molar-refractivity contribution in [3.63, 3.8) is 0 Å². The van der Waals surface area contributed by atoms with Crippen molar-refractivity contribution in [2.24, 2.45) is 0 Å². The highest BCUT2D eigenvalue weighted by atomic mass is 127. The number of anilines is 1. The minimum Gasteiger partial charge on any atom is -0.486 e. The zero-order valence-electron chi connectivity index (χ0n) is 10.2. The Hall–Kier alpha value is -1.52. The Kier molecular flexibility index (Phi) is 4.68. The predicted molar refractivity (Wildman–Crippen MR) is 84.0 cm³/mol. The number of nitrogens with two attached hydrogens (primary N) is 1. The Morgan fingerprint density at radius 1 is 1.35 bits per heavy atom. The highest BCUT2D eigenvalue weighted by Gasteiger charge is 2.09. The quantitative estimate of drug-likeness (QED) is 0.621. The summed E-state index contributed by atoms with van der Waals surface area (Å²) >= 11 is 7.75. The lowest BCUT2D eigenvalue weighted by Gasteiger charge is -2.11. The molecule has 2 aromatic carbocycles. The molecule has 0 fully saturated rings. The molecular weight excluding hydrogens is 394 g/mol. The summed E-state index contributed by atoms with van der Waals surface area (Å²) in [4.78, 5) is 0. The van der Waals surface area contributed by atoms with Gasteiger partial charge in [0.2, 0.25) is 0 Å². The van der Waals surface area contributed by atoms with Gasteiger partial charge in [0.15, 0.2) is 5.75 Å². The molecule has 0 unspecified atom stereocenters. The molecule has 0 aromatic heterocycles. The van der Waals surface area contributed by atoms with E-state index in [-0.39, 0.29) is 11.6 Å². The van der Waals surface area contributed by atoms with Gasteiger partial charge in [-0.2, -0.15) is 5.26 Å². The van der Waals surface area contributed by atoms with Crippen LogP contribution in [0.1, 0.15) is 11.1 Å². The fourth-order valence-electron chi connectivity index (χ4n) is 1.62. The van der Waals surface area contributed by atoms with Crippen LogP contribution in [0.3, 0.4) is 0 Å². The summed E-state index contributed by atoms with van der Waals surface area (Å²) in [6.45, 7) is 0.214. The second kappa shape index (κ2) is 6.29. The van der Waals surface area contributed by atoms with Gasteiger partial charge in [0.25, 0.3) is 0 Å². The molecule has 0 heterocycles. The lowest BCUT2D eigenvalue weighted by Crippen LogP contribution is -2.01. The predicted octanol–water partition coefficient (Wildman–Crippen LogP) is 4.12. The second-order valence-corrected chi connectivity index (χ2v) is 5.59. The van der Waals surface area contributed by atoms with Crippen molar-refractivity contribution < 1.29 is 9.13 Å². The number of nitriles is 1. The molecule has 102 valence electrons. The molecule has 0 radical (unpaired) electrons. The number of ether oxygens (including phenoxy) is 1. The van der Waals surface area contributed by atoms with Crippen LogP contribution < -0.4 is 10.5 Å². The Labute approximate surface area is 134 Å². The molecule has 20 heavy (non-hydrogen) atoms. The zero-order valence-corrected chi connectivity index (χ0v) is 13.1. The number of benzene rings is 2. The highest BCUT2D eigenvalue weighted by Crippen LogP contribution is 2.30. The van der Waals surface area contributed by atoms with Crippen molar-refractivity contribution in [1.82, 2.24) is 0 Å². The second-order valence-electron chi connectivity index (χ2n) is 4.03. The van der Waals surface area contributed by atoms with E-state index in [0.717, 1.165) is 9.13 Å². The summed E-state index contributed by atoms with van der Waals surface area (Å²) in [5.41, 5.74) is 7.45. The topological polar surface area (TPSA) is 59.0 Å². The van der Waals surface area contributed by atoms with E-state index in [4.69, 9.17) is 27.3 Å². The summed E-state index contributed by atoms with van der Waals surface area (Å²) in [5, 5.41) is 8.89. The molecule has 6 heteroatoms. The molecule has 0 spiro atoms. The van der Waals surface area contributed by atoms with Crippen LogP contribution in [-0.2, 0) is 6.61 Å². The largest absolute Gasteiger partial charge is 0.486 e. The van der Waals surface area contributed by atoms with Crippen LogP contribution in [-0.4, -0.2) is 0 Å². The van der Waals surface area contributed by atoms with Gasteiger partial charge in [-0.05, 0) is 52.4 Å². The van der Waals surface area contributed by atoms with Gasteiger partial charge in [-0.25, -0.2) is 4.39 Å². The SMILES string of the molecule is N#Cc1cc(N)c(OCc2ccc(F)c(Cl)c2)c(I)c1. The molecule has 3 nitrogen and oxygen atoms in total. The van der Waals surface area contributed by atoms with Gasteiger partial charge < -0.3 is 10.5 Å². The van der Waals surface area contributed by atoms with Crippen molar-refractivity contribution in [3.8, 4) is 11.8 Å². The number of nitrogen functional groups attached to an aromatic ring is 1. The van der Waals surface area contributed by atoms with Gasteiger partial charge >= 0.3 is 0 Å². The van der Waals surface area contributed by atoms with Crippen LogP contribution >= 0.6 is 34.2 Å². The number of hydrogen-bond donors (Lipinski definition) is 1. The number of halogens is 3. The van der Waals surface area contributed by atoms with Gasteiger partial charge in [-0.3, -0.25) is 0 Å². The van der Waals surface area contributed by atoms with Gasteiger partial charge in [-0.15, -0.1) is 0 Å².